The first-order valence-corrected chi connectivity index (χ1v) is 17.9. The van der Waals surface area contributed by atoms with Crippen LogP contribution in [-0.2, 0) is 0 Å². The van der Waals surface area contributed by atoms with E-state index in [9.17, 15) is 0 Å². The van der Waals surface area contributed by atoms with Crippen LogP contribution in [0.3, 0.4) is 0 Å². The first-order chi connectivity index (χ1) is 24.8. The molecule has 0 aliphatic heterocycles. The van der Waals surface area contributed by atoms with Gasteiger partial charge in [-0.2, -0.15) is 0 Å². The molecule has 0 radical (unpaired) electrons. The van der Waals surface area contributed by atoms with Crippen LogP contribution in [0.25, 0.3) is 74.7 Å². The molecule has 0 atom stereocenters. The molecule has 0 bridgehead atoms. The highest BCUT2D eigenvalue weighted by molar-refractivity contribution is 7.26. The molecule has 0 N–H and O–H groups in total. The van der Waals surface area contributed by atoms with Gasteiger partial charge < -0.3 is 4.90 Å². The first-order valence-electron chi connectivity index (χ1n) is 17.1. The van der Waals surface area contributed by atoms with Gasteiger partial charge in [-0.1, -0.05) is 152 Å². The summed E-state index contributed by atoms with van der Waals surface area (Å²) in [6, 6.07) is 68.7. The second kappa shape index (κ2) is 11.7. The van der Waals surface area contributed by atoms with Crippen LogP contribution in [0.2, 0.25) is 0 Å². The molecule has 1 heterocycles. The molecular formula is C48H31NS. The number of fused-ring (bicyclic) bond motifs is 7. The van der Waals surface area contributed by atoms with E-state index in [1.54, 1.807) is 0 Å². The van der Waals surface area contributed by atoms with E-state index < -0.39 is 0 Å². The summed E-state index contributed by atoms with van der Waals surface area (Å²) in [5.74, 6) is 0. The number of nitrogens with zero attached hydrogens (tertiary/aromatic N) is 1. The van der Waals surface area contributed by atoms with Crippen LogP contribution in [0.4, 0.5) is 17.1 Å². The topological polar surface area (TPSA) is 3.24 Å². The Morgan fingerprint density at radius 3 is 1.74 bits per heavy atom. The van der Waals surface area contributed by atoms with E-state index in [-0.39, 0.29) is 0 Å². The van der Waals surface area contributed by atoms with Crippen molar-refractivity contribution in [3.63, 3.8) is 0 Å². The van der Waals surface area contributed by atoms with Gasteiger partial charge in [-0.05, 0) is 74.8 Å². The zero-order valence-corrected chi connectivity index (χ0v) is 28.1. The Bertz CT molecular complexity index is 2860. The standard InChI is InChI=1S/C48H31NS/c1-2-12-32(13-3-1)33-24-27-37(28-25-33)49(45-23-11-17-35-15-5-7-19-40(35)45)46-31-44-43-30-36(39-22-10-16-34-14-4-6-18-38(34)39)26-29-47(43)50-48(44)42-21-9-8-20-41(42)46/h1-31H. The second-order valence-electron chi connectivity index (χ2n) is 12.9. The minimum Gasteiger partial charge on any atom is -0.309 e. The van der Waals surface area contributed by atoms with Crippen molar-refractivity contribution < 1.29 is 0 Å². The van der Waals surface area contributed by atoms with E-state index in [0.29, 0.717) is 0 Å². The van der Waals surface area contributed by atoms with Crippen LogP contribution < -0.4 is 4.90 Å². The third kappa shape index (κ3) is 4.69. The van der Waals surface area contributed by atoms with Gasteiger partial charge in [0.2, 0.25) is 0 Å². The lowest BCUT2D eigenvalue weighted by Gasteiger charge is -2.28. The Labute approximate surface area is 294 Å². The maximum atomic E-state index is 2.47. The Morgan fingerprint density at radius 2 is 0.940 bits per heavy atom. The maximum absolute atomic E-state index is 2.47. The molecule has 1 aromatic heterocycles. The largest absolute Gasteiger partial charge is 0.309 e. The molecule has 1 nitrogen and oxygen atoms in total. The van der Waals surface area contributed by atoms with Crippen molar-refractivity contribution >= 4 is 80.9 Å². The molecule has 0 amide bonds. The zero-order valence-electron chi connectivity index (χ0n) is 27.3. The molecule has 0 saturated heterocycles. The van der Waals surface area contributed by atoms with Crippen molar-refractivity contribution in [3.8, 4) is 22.3 Å². The van der Waals surface area contributed by atoms with Crippen molar-refractivity contribution in [1.82, 2.24) is 0 Å². The normalized spacial score (nSPS) is 11.6. The predicted octanol–water partition coefficient (Wildman–Crippen LogP) is 14.3. The summed E-state index contributed by atoms with van der Waals surface area (Å²) >= 11 is 1.89. The van der Waals surface area contributed by atoms with Crippen LogP contribution in [0.1, 0.15) is 0 Å². The third-order valence-electron chi connectivity index (χ3n) is 10.0. The Balaban J connectivity index is 1.25. The molecule has 0 aliphatic carbocycles. The molecule has 0 unspecified atom stereocenters. The van der Waals surface area contributed by atoms with E-state index in [1.165, 1.54) is 80.4 Å². The van der Waals surface area contributed by atoms with Crippen LogP contribution >= 0.6 is 11.3 Å². The van der Waals surface area contributed by atoms with E-state index in [4.69, 9.17) is 0 Å². The summed E-state index contributed by atoms with van der Waals surface area (Å²) in [5.41, 5.74) is 8.39. The van der Waals surface area contributed by atoms with Gasteiger partial charge in [0.15, 0.2) is 0 Å². The van der Waals surface area contributed by atoms with Crippen molar-refractivity contribution in [2.45, 2.75) is 0 Å². The van der Waals surface area contributed by atoms with Gasteiger partial charge in [0.25, 0.3) is 0 Å². The molecule has 0 saturated carbocycles. The van der Waals surface area contributed by atoms with Crippen molar-refractivity contribution in [2.75, 3.05) is 4.90 Å². The number of thiophene rings is 1. The molecule has 10 rings (SSSR count). The van der Waals surface area contributed by atoms with E-state index in [2.05, 4.69) is 193 Å². The molecule has 234 valence electrons. The second-order valence-corrected chi connectivity index (χ2v) is 14.0. The molecule has 0 fully saturated rings. The summed E-state index contributed by atoms with van der Waals surface area (Å²) in [6.45, 7) is 0. The molecule has 0 aliphatic rings. The minimum absolute atomic E-state index is 1.13. The fourth-order valence-electron chi connectivity index (χ4n) is 7.65. The van der Waals surface area contributed by atoms with Gasteiger partial charge in [-0.25, -0.2) is 0 Å². The van der Waals surface area contributed by atoms with Gasteiger partial charge in [0.05, 0.1) is 11.4 Å². The third-order valence-corrected chi connectivity index (χ3v) is 11.3. The summed E-state index contributed by atoms with van der Waals surface area (Å²) in [6.07, 6.45) is 0. The Kier molecular flexibility index (Phi) is 6.75. The predicted molar refractivity (Wildman–Crippen MR) is 217 cm³/mol. The van der Waals surface area contributed by atoms with E-state index in [1.807, 2.05) is 11.3 Å². The van der Waals surface area contributed by atoms with E-state index >= 15 is 0 Å². The smallest absolute Gasteiger partial charge is 0.0547 e. The highest BCUT2D eigenvalue weighted by atomic mass is 32.1. The highest BCUT2D eigenvalue weighted by Gasteiger charge is 2.21. The van der Waals surface area contributed by atoms with Gasteiger partial charge in [0.1, 0.15) is 0 Å². The summed E-state index contributed by atoms with van der Waals surface area (Å²) in [7, 11) is 0. The molecule has 2 heteroatoms. The summed E-state index contributed by atoms with van der Waals surface area (Å²) < 4.78 is 2.63. The number of hydrogen-bond donors (Lipinski definition) is 0. The van der Waals surface area contributed by atoms with Crippen molar-refractivity contribution in [1.29, 1.82) is 0 Å². The van der Waals surface area contributed by atoms with Crippen LogP contribution in [0.15, 0.2) is 188 Å². The molecule has 0 spiro atoms. The molecule has 9 aromatic carbocycles. The van der Waals surface area contributed by atoms with Crippen LogP contribution in [-0.4, -0.2) is 0 Å². The quantitative estimate of drug-likeness (QED) is 0.179. The fraction of sp³-hybridized carbons (Fsp3) is 0. The summed E-state index contributed by atoms with van der Waals surface area (Å²) in [5, 5.41) is 10.1. The monoisotopic (exact) mass is 653 g/mol. The zero-order chi connectivity index (χ0) is 33.0. The lowest BCUT2D eigenvalue weighted by Crippen LogP contribution is -2.11. The van der Waals surface area contributed by atoms with Gasteiger partial charge in [-0.3, -0.25) is 0 Å². The Hall–Kier alpha value is -6.22. The lowest BCUT2D eigenvalue weighted by molar-refractivity contribution is 1.32. The van der Waals surface area contributed by atoms with Crippen molar-refractivity contribution in [3.05, 3.63) is 188 Å². The van der Waals surface area contributed by atoms with Gasteiger partial charge >= 0.3 is 0 Å². The fourth-order valence-corrected chi connectivity index (χ4v) is 8.86. The molecule has 10 aromatic rings. The highest BCUT2D eigenvalue weighted by Crippen LogP contribution is 2.48. The average molecular weight is 654 g/mol. The number of rotatable bonds is 5. The molecule has 50 heavy (non-hydrogen) atoms. The SMILES string of the molecule is c1ccc(-c2ccc(N(c3cccc4ccccc34)c3cc4c5cc(-c6cccc7ccccc67)ccc5sc4c4ccccc34)cc2)cc1. The van der Waals surface area contributed by atoms with E-state index in [0.717, 1.165) is 11.4 Å². The van der Waals surface area contributed by atoms with Crippen LogP contribution in [0, 0.1) is 0 Å². The number of benzene rings is 9. The first kappa shape index (κ1) is 28.8. The average Bonchev–Trinajstić information content (AvgIpc) is 3.56. The van der Waals surface area contributed by atoms with Crippen LogP contribution in [0.5, 0.6) is 0 Å². The van der Waals surface area contributed by atoms with Crippen molar-refractivity contribution in [2.24, 2.45) is 0 Å². The number of anilines is 3. The lowest BCUT2D eigenvalue weighted by atomic mass is 9.96. The van der Waals surface area contributed by atoms with Gasteiger partial charge in [0, 0.05) is 42.0 Å². The number of hydrogen-bond acceptors (Lipinski definition) is 2. The molecular weight excluding hydrogens is 623 g/mol. The Morgan fingerprint density at radius 1 is 0.340 bits per heavy atom. The van der Waals surface area contributed by atoms with Gasteiger partial charge in [-0.15, -0.1) is 11.3 Å². The summed E-state index contributed by atoms with van der Waals surface area (Å²) in [4.78, 5) is 2.47. The maximum Gasteiger partial charge on any atom is 0.0547 e. The minimum atomic E-state index is 1.13.